The molecule has 1 aliphatic carbocycles. The fourth-order valence-electron chi connectivity index (χ4n) is 7.99. The number of nitrogens with zero attached hydrogens (tertiary/aromatic N) is 3. The quantitative estimate of drug-likeness (QED) is 0.182. The van der Waals surface area contributed by atoms with Gasteiger partial charge in [-0.2, -0.15) is 0 Å². The van der Waals surface area contributed by atoms with Gasteiger partial charge in [0.2, 0.25) is 0 Å². The average molecular weight is 676 g/mol. The highest BCUT2D eigenvalue weighted by molar-refractivity contribution is 6.16. The molecule has 0 amide bonds. The normalized spacial score (nSPS) is 11.8. The van der Waals surface area contributed by atoms with Crippen LogP contribution in [0.25, 0.3) is 111 Å². The Labute approximate surface area is 305 Å². The number of hydrogen-bond donors (Lipinski definition) is 0. The molecule has 4 nitrogen and oxygen atoms in total. The van der Waals surface area contributed by atoms with Crippen LogP contribution in [0.1, 0.15) is 0 Å². The van der Waals surface area contributed by atoms with Crippen LogP contribution < -0.4 is 0 Å². The summed E-state index contributed by atoms with van der Waals surface area (Å²) in [6, 6.07) is 61.6. The summed E-state index contributed by atoms with van der Waals surface area (Å²) in [6.45, 7) is 0. The lowest BCUT2D eigenvalue weighted by Crippen LogP contribution is -2.00. The first-order chi connectivity index (χ1) is 26.2. The minimum Gasteiger partial charge on any atom is -0.456 e. The van der Waals surface area contributed by atoms with Gasteiger partial charge in [-0.05, 0) is 85.6 Å². The molecule has 0 saturated carbocycles. The maximum absolute atomic E-state index is 6.21. The highest BCUT2D eigenvalue weighted by Gasteiger charge is 2.22. The smallest absolute Gasteiger partial charge is 0.164 e. The third-order valence-corrected chi connectivity index (χ3v) is 10.5. The molecule has 0 atom stereocenters. The topological polar surface area (TPSA) is 51.8 Å². The fraction of sp³-hybridized carbons (Fsp3) is 0. The average Bonchev–Trinajstić information content (AvgIpc) is 3.78. The molecule has 2 aromatic heterocycles. The minimum atomic E-state index is 0.621. The maximum atomic E-state index is 6.21. The zero-order chi connectivity index (χ0) is 34.9. The van der Waals surface area contributed by atoms with Gasteiger partial charge in [0, 0.05) is 27.5 Å². The highest BCUT2D eigenvalue weighted by atomic mass is 16.3. The van der Waals surface area contributed by atoms with Crippen molar-refractivity contribution >= 4 is 32.7 Å². The third-order valence-electron chi connectivity index (χ3n) is 10.5. The van der Waals surface area contributed by atoms with Gasteiger partial charge >= 0.3 is 0 Å². The van der Waals surface area contributed by atoms with Crippen molar-refractivity contribution in [2.24, 2.45) is 0 Å². The molecule has 0 fully saturated rings. The first-order valence-corrected chi connectivity index (χ1v) is 17.9. The first-order valence-electron chi connectivity index (χ1n) is 17.9. The van der Waals surface area contributed by atoms with Crippen molar-refractivity contribution in [3.05, 3.63) is 176 Å². The van der Waals surface area contributed by atoms with Gasteiger partial charge in [-0.25, -0.2) is 15.0 Å². The summed E-state index contributed by atoms with van der Waals surface area (Å²) in [5, 5.41) is 4.79. The number of furan rings is 1. The van der Waals surface area contributed by atoms with Crippen molar-refractivity contribution in [1.29, 1.82) is 0 Å². The zero-order valence-electron chi connectivity index (χ0n) is 28.5. The molecule has 0 spiro atoms. The second-order valence-electron chi connectivity index (χ2n) is 13.6. The van der Waals surface area contributed by atoms with Crippen molar-refractivity contribution < 1.29 is 4.42 Å². The SMILES string of the molecule is c1ccc(-c2nc(-c3ccc(-c4cc5c6c(cccc6c4)-c4ccccc4-5)cc3)nc(-c3cccc(-c4cccc5oc6ccccc6c45)c3)n2)cc1. The molecule has 0 N–H and O–H groups in total. The van der Waals surface area contributed by atoms with Gasteiger partial charge in [-0.3, -0.25) is 0 Å². The van der Waals surface area contributed by atoms with E-state index in [9.17, 15) is 0 Å². The zero-order valence-corrected chi connectivity index (χ0v) is 28.5. The summed E-state index contributed by atoms with van der Waals surface area (Å²) in [7, 11) is 0. The van der Waals surface area contributed by atoms with E-state index in [-0.39, 0.29) is 0 Å². The van der Waals surface area contributed by atoms with Gasteiger partial charge in [-0.15, -0.1) is 0 Å². The van der Waals surface area contributed by atoms with E-state index in [1.165, 1.54) is 38.6 Å². The molecule has 53 heavy (non-hydrogen) atoms. The van der Waals surface area contributed by atoms with Crippen LogP contribution in [0.4, 0.5) is 0 Å². The van der Waals surface area contributed by atoms with E-state index in [0.29, 0.717) is 17.5 Å². The Kier molecular flexibility index (Phi) is 6.52. The van der Waals surface area contributed by atoms with E-state index in [0.717, 1.165) is 55.3 Å². The molecule has 0 bridgehead atoms. The standard InChI is InChI=1S/C49H29N3O/c1-2-11-31(12-3-1)47-50-48(32-25-23-30(24-26-32)36-28-34-14-9-20-40-38-16-4-5-17-39(38)42(29-36)45(34)40)52-49(51-47)35-15-8-13-33(27-35)37-19-10-22-44-46(37)41-18-6-7-21-43(41)53-44/h1-29H. The van der Waals surface area contributed by atoms with E-state index >= 15 is 0 Å². The van der Waals surface area contributed by atoms with Crippen LogP contribution in [0, 0.1) is 0 Å². The number of fused-ring (bicyclic) bond motifs is 6. The van der Waals surface area contributed by atoms with E-state index in [4.69, 9.17) is 19.4 Å². The van der Waals surface area contributed by atoms with Crippen LogP contribution in [0.15, 0.2) is 180 Å². The predicted octanol–water partition coefficient (Wildman–Crippen LogP) is 12.9. The van der Waals surface area contributed by atoms with Crippen molar-refractivity contribution in [2.45, 2.75) is 0 Å². The van der Waals surface area contributed by atoms with Gasteiger partial charge in [0.25, 0.3) is 0 Å². The van der Waals surface area contributed by atoms with E-state index in [1.807, 2.05) is 54.6 Å². The highest BCUT2D eigenvalue weighted by Crippen LogP contribution is 2.48. The molecule has 246 valence electrons. The monoisotopic (exact) mass is 675 g/mol. The molecule has 0 aliphatic heterocycles. The largest absolute Gasteiger partial charge is 0.456 e. The lowest BCUT2D eigenvalue weighted by Gasteiger charge is -2.11. The Morgan fingerprint density at radius 3 is 1.70 bits per heavy atom. The van der Waals surface area contributed by atoms with Crippen LogP contribution in [0.3, 0.4) is 0 Å². The minimum absolute atomic E-state index is 0.621. The molecule has 0 unspecified atom stereocenters. The van der Waals surface area contributed by atoms with Crippen molar-refractivity contribution in [3.8, 4) is 78.7 Å². The molecule has 0 radical (unpaired) electrons. The summed E-state index contributed by atoms with van der Waals surface area (Å²) >= 11 is 0. The van der Waals surface area contributed by atoms with Gasteiger partial charge in [0.05, 0.1) is 0 Å². The Balaban J connectivity index is 1.01. The number of benzene rings is 8. The van der Waals surface area contributed by atoms with Crippen molar-refractivity contribution in [2.75, 3.05) is 0 Å². The van der Waals surface area contributed by atoms with Gasteiger partial charge in [0.1, 0.15) is 11.2 Å². The van der Waals surface area contributed by atoms with Crippen LogP contribution >= 0.6 is 0 Å². The number of aromatic nitrogens is 3. The molecule has 2 heterocycles. The van der Waals surface area contributed by atoms with Crippen LogP contribution in [0.2, 0.25) is 0 Å². The molecule has 8 aromatic carbocycles. The van der Waals surface area contributed by atoms with Gasteiger partial charge in [-0.1, -0.05) is 146 Å². The fourth-order valence-corrected chi connectivity index (χ4v) is 7.99. The van der Waals surface area contributed by atoms with Crippen LogP contribution in [0.5, 0.6) is 0 Å². The van der Waals surface area contributed by atoms with Gasteiger partial charge in [0.15, 0.2) is 17.5 Å². The van der Waals surface area contributed by atoms with Crippen LogP contribution in [-0.4, -0.2) is 15.0 Å². The summed E-state index contributed by atoms with van der Waals surface area (Å²) in [5.41, 5.74) is 14.2. The number of para-hydroxylation sites is 1. The first kappa shape index (κ1) is 29.5. The Hall–Kier alpha value is -7.17. The summed E-state index contributed by atoms with van der Waals surface area (Å²) in [5.74, 6) is 1.88. The van der Waals surface area contributed by atoms with Gasteiger partial charge < -0.3 is 4.42 Å². The summed E-state index contributed by atoms with van der Waals surface area (Å²) in [4.78, 5) is 15.1. The molecule has 1 aliphatic rings. The Morgan fingerprint density at radius 1 is 0.302 bits per heavy atom. The van der Waals surface area contributed by atoms with E-state index in [1.54, 1.807) is 0 Å². The second kappa shape index (κ2) is 11.7. The Bertz CT molecular complexity index is 3050. The lowest BCUT2D eigenvalue weighted by molar-refractivity contribution is 0.669. The van der Waals surface area contributed by atoms with Crippen molar-refractivity contribution in [1.82, 2.24) is 15.0 Å². The predicted molar refractivity (Wildman–Crippen MR) is 216 cm³/mol. The molecule has 10 aromatic rings. The molecule has 11 rings (SSSR count). The molecule has 0 saturated heterocycles. The lowest BCUT2D eigenvalue weighted by atomic mass is 9.95. The number of hydrogen-bond acceptors (Lipinski definition) is 4. The number of rotatable bonds is 5. The third kappa shape index (κ3) is 4.80. The second-order valence-corrected chi connectivity index (χ2v) is 13.6. The summed E-state index contributed by atoms with van der Waals surface area (Å²) < 4.78 is 6.21. The molecular formula is C49H29N3O. The maximum Gasteiger partial charge on any atom is 0.164 e. The molecule has 4 heteroatoms. The summed E-state index contributed by atoms with van der Waals surface area (Å²) in [6.07, 6.45) is 0. The molecular weight excluding hydrogens is 647 g/mol. The van der Waals surface area contributed by atoms with E-state index < -0.39 is 0 Å². The van der Waals surface area contributed by atoms with Crippen LogP contribution in [-0.2, 0) is 0 Å². The Morgan fingerprint density at radius 2 is 0.868 bits per heavy atom. The van der Waals surface area contributed by atoms with E-state index in [2.05, 4.69) is 121 Å². The van der Waals surface area contributed by atoms with Crippen molar-refractivity contribution in [3.63, 3.8) is 0 Å².